The predicted molar refractivity (Wildman–Crippen MR) is 58.2 cm³/mol. The van der Waals surface area contributed by atoms with Crippen molar-refractivity contribution in [3.8, 4) is 0 Å². The van der Waals surface area contributed by atoms with E-state index >= 15 is 0 Å². The Labute approximate surface area is 84.0 Å². The van der Waals surface area contributed by atoms with Crippen LogP contribution in [0, 0.1) is 0 Å². The van der Waals surface area contributed by atoms with E-state index in [-0.39, 0.29) is 0 Å². The monoisotopic (exact) mass is 186 g/mol. The van der Waals surface area contributed by atoms with E-state index in [1.807, 2.05) is 30.5 Å². The van der Waals surface area contributed by atoms with E-state index < -0.39 is 0 Å². The van der Waals surface area contributed by atoms with E-state index in [1.54, 1.807) is 0 Å². The lowest BCUT2D eigenvalue weighted by molar-refractivity contribution is 0.708. The fourth-order valence-corrected chi connectivity index (χ4v) is 1.42. The number of hydrogen-bond donors (Lipinski definition) is 0. The first-order chi connectivity index (χ1) is 6.81. The van der Waals surface area contributed by atoms with Gasteiger partial charge in [-0.2, -0.15) is 0 Å². The molecule has 0 N–H and O–H groups in total. The average molecular weight is 186 g/mol. The molecule has 0 aliphatic heterocycles. The van der Waals surface area contributed by atoms with Gasteiger partial charge in [0.15, 0.2) is 0 Å². The fraction of sp³-hybridized carbons (Fsp3) is 0.333. The Morgan fingerprint density at radius 1 is 1.21 bits per heavy atom. The normalized spacial score (nSPS) is 13.0. The summed E-state index contributed by atoms with van der Waals surface area (Å²) in [4.78, 5) is 8.97. The third-order valence-corrected chi connectivity index (χ3v) is 2.58. The molecule has 2 rings (SSSR count). The largest absolute Gasteiger partial charge is 0.253 e. The minimum Gasteiger partial charge on any atom is -0.253 e. The highest BCUT2D eigenvalue weighted by Crippen LogP contribution is 2.17. The topological polar surface area (TPSA) is 25.8 Å². The van der Waals surface area contributed by atoms with Crippen molar-refractivity contribution in [3.63, 3.8) is 0 Å². The van der Waals surface area contributed by atoms with Crippen LogP contribution >= 0.6 is 0 Å². The van der Waals surface area contributed by atoms with Crippen LogP contribution in [0.3, 0.4) is 0 Å². The molecule has 2 heteroatoms. The first-order valence-electron chi connectivity index (χ1n) is 5.03. The van der Waals surface area contributed by atoms with Gasteiger partial charge in [0.1, 0.15) is 0 Å². The van der Waals surface area contributed by atoms with Crippen molar-refractivity contribution in [2.45, 2.75) is 26.2 Å². The van der Waals surface area contributed by atoms with Crippen LogP contribution in [0.5, 0.6) is 0 Å². The third kappa shape index (κ3) is 1.60. The Hall–Kier alpha value is -1.44. The second-order valence-electron chi connectivity index (χ2n) is 3.59. The Morgan fingerprint density at radius 3 is 2.64 bits per heavy atom. The zero-order valence-electron chi connectivity index (χ0n) is 8.57. The fourth-order valence-electron chi connectivity index (χ4n) is 1.42. The van der Waals surface area contributed by atoms with Crippen LogP contribution in [-0.4, -0.2) is 9.97 Å². The van der Waals surface area contributed by atoms with Gasteiger partial charge in [-0.3, -0.25) is 4.98 Å². The second kappa shape index (κ2) is 3.74. The number of rotatable bonds is 2. The minimum absolute atomic E-state index is 0.493. The molecule has 2 nitrogen and oxygen atoms in total. The van der Waals surface area contributed by atoms with Crippen molar-refractivity contribution in [1.29, 1.82) is 0 Å². The van der Waals surface area contributed by atoms with Crippen LogP contribution in [-0.2, 0) is 0 Å². The summed E-state index contributed by atoms with van der Waals surface area (Å²) in [6.45, 7) is 4.35. The van der Waals surface area contributed by atoms with E-state index in [2.05, 4.69) is 23.8 Å². The van der Waals surface area contributed by atoms with Gasteiger partial charge in [-0.15, -0.1) is 0 Å². The predicted octanol–water partition coefficient (Wildman–Crippen LogP) is 3.14. The Kier molecular flexibility index (Phi) is 2.44. The average Bonchev–Trinajstić information content (AvgIpc) is 2.27. The number of nitrogens with zero attached hydrogens (tertiary/aromatic N) is 2. The third-order valence-electron chi connectivity index (χ3n) is 2.58. The number of benzene rings is 1. The lowest BCUT2D eigenvalue weighted by Gasteiger charge is -2.07. The molecule has 0 aliphatic rings. The maximum absolute atomic E-state index is 4.58. The van der Waals surface area contributed by atoms with Crippen LogP contribution in [0.25, 0.3) is 11.0 Å². The zero-order chi connectivity index (χ0) is 9.97. The molecule has 1 aromatic heterocycles. The van der Waals surface area contributed by atoms with Crippen molar-refractivity contribution < 1.29 is 0 Å². The van der Waals surface area contributed by atoms with Gasteiger partial charge in [-0.05, 0) is 24.5 Å². The van der Waals surface area contributed by atoms with E-state index in [0.717, 1.165) is 23.1 Å². The number of hydrogen-bond acceptors (Lipinski definition) is 2. The molecule has 0 fully saturated rings. The molecule has 0 spiro atoms. The van der Waals surface area contributed by atoms with Gasteiger partial charge in [0.05, 0.1) is 16.7 Å². The maximum atomic E-state index is 4.58. The summed E-state index contributed by atoms with van der Waals surface area (Å²) < 4.78 is 0. The van der Waals surface area contributed by atoms with Crippen molar-refractivity contribution in [1.82, 2.24) is 9.97 Å². The molecule has 0 saturated carbocycles. The van der Waals surface area contributed by atoms with E-state index in [1.165, 1.54) is 0 Å². The summed E-state index contributed by atoms with van der Waals surface area (Å²) >= 11 is 0. The minimum atomic E-state index is 0.493. The molecular formula is C12H14N2. The Bertz CT molecular complexity index is 437. The van der Waals surface area contributed by atoms with Crippen LogP contribution in [0.15, 0.2) is 30.5 Å². The van der Waals surface area contributed by atoms with E-state index in [9.17, 15) is 0 Å². The first-order valence-corrected chi connectivity index (χ1v) is 5.03. The zero-order valence-corrected chi connectivity index (χ0v) is 8.57. The SMILES string of the molecule is CC[C@H](C)c1cnc2ccccc2n1. The van der Waals surface area contributed by atoms with Crippen molar-refractivity contribution in [3.05, 3.63) is 36.2 Å². The molecule has 0 saturated heterocycles. The van der Waals surface area contributed by atoms with Gasteiger partial charge in [-0.25, -0.2) is 4.98 Å². The van der Waals surface area contributed by atoms with Gasteiger partial charge in [0, 0.05) is 6.20 Å². The Balaban J connectivity index is 2.51. The highest BCUT2D eigenvalue weighted by molar-refractivity contribution is 5.73. The number of aromatic nitrogens is 2. The quantitative estimate of drug-likeness (QED) is 0.720. The van der Waals surface area contributed by atoms with Gasteiger partial charge >= 0.3 is 0 Å². The smallest absolute Gasteiger partial charge is 0.0890 e. The molecule has 72 valence electrons. The molecule has 0 bridgehead atoms. The van der Waals surface area contributed by atoms with Gasteiger partial charge in [0.25, 0.3) is 0 Å². The van der Waals surface area contributed by atoms with Crippen molar-refractivity contribution in [2.24, 2.45) is 0 Å². The maximum Gasteiger partial charge on any atom is 0.0890 e. The van der Waals surface area contributed by atoms with Crippen LogP contribution in [0.2, 0.25) is 0 Å². The van der Waals surface area contributed by atoms with E-state index in [0.29, 0.717) is 5.92 Å². The molecule has 0 aliphatic carbocycles. The molecule has 1 aromatic carbocycles. The molecule has 0 unspecified atom stereocenters. The molecule has 0 amide bonds. The Morgan fingerprint density at radius 2 is 1.93 bits per heavy atom. The lowest BCUT2D eigenvalue weighted by Crippen LogP contribution is -1.97. The molecule has 2 aromatic rings. The lowest BCUT2D eigenvalue weighted by atomic mass is 10.1. The standard InChI is InChI=1S/C12H14N2/c1-3-9(2)12-8-13-10-6-4-5-7-11(10)14-12/h4-9H,3H2,1-2H3/t9-/m0/s1. The summed E-state index contributed by atoms with van der Waals surface area (Å²) in [5, 5.41) is 0. The highest BCUT2D eigenvalue weighted by atomic mass is 14.8. The number of fused-ring (bicyclic) bond motifs is 1. The van der Waals surface area contributed by atoms with Gasteiger partial charge in [-0.1, -0.05) is 26.0 Å². The molecule has 14 heavy (non-hydrogen) atoms. The first kappa shape index (κ1) is 9.13. The highest BCUT2D eigenvalue weighted by Gasteiger charge is 2.05. The van der Waals surface area contributed by atoms with Crippen LogP contribution in [0.4, 0.5) is 0 Å². The van der Waals surface area contributed by atoms with Gasteiger partial charge in [0.2, 0.25) is 0 Å². The van der Waals surface area contributed by atoms with E-state index in [4.69, 9.17) is 0 Å². The summed E-state index contributed by atoms with van der Waals surface area (Å²) in [5.41, 5.74) is 3.05. The summed E-state index contributed by atoms with van der Waals surface area (Å²) in [6, 6.07) is 7.98. The van der Waals surface area contributed by atoms with Crippen molar-refractivity contribution >= 4 is 11.0 Å². The number of para-hydroxylation sites is 2. The van der Waals surface area contributed by atoms with Gasteiger partial charge < -0.3 is 0 Å². The second-order valence-corrected chi connectivity index (χ2v) is 3.59. The molecular weight excluding hydrogens is 172 g/mol. The summed E-state index contributed by atoms with van der Waals surface area (Å²) in [5.74, 6) is 0.493. The molecule has 1 atom stereocenters. The molecule has 1 heterocycles. The van der Waals surface area contributed by atoms with Crippen molar-refractivity contribution in [2.75, 3.05) is 0 Å². The van der Waals surface area contributed by atoms with Crippen LogP contribution in [0.1, 0.15) is 31.9 Å². The molecule has 0 radical (unpaired) electrons. The van der Waals surface area contributed by atoms with Crippen LogP contribution < -0.4 is 0 Å². The summed E-state index contributed by atoms with van der Waals surface area (Å²) in [6.07, 6.45) is 2.99. The summed E-state index contributed by atoms with van der Waals surface area (Å²) in [7, 11) is 0.